The second-order valence-corrected chi connectivity index (χ2v) is 7.00. The minimum Gasteiger partial charge on any atom is -0.327 e. The summed E-state index contributed by atoms with van der Waals surface area (Å²) in [7, 11) is 0. The fourth-order valence-electron chi connectivity index (χ4n) is 2.59. The number of nitrogens with zero attached hydrogens (tertiary/aromatic N) is 1. The number of hydrogen-bond donors (Lipinski definition) is 1. The standard InChI is InChI=1S/C17H32N2S/c1-3-4-5-6-7-8-9-10-11-12-16(18)13-17-14-20-15(2)19-17/h14,16H,3-13,18H2,1-2H3. The van der Waals surface area contributed by atoms with Gasteiger partial charge in [0, 0.05) is 17.8 Å². The fraction of sp³-hybridized carbons (Fsp3) is 0.824. The minimum absolute atomic E-state index is 0.293. The van der Waals surface area contributed by atoms with Crippen molar-refractivity contribution in [3.63, 3.8) is 0 Å². The summed E-state index contributed by atoms with van der Waals surface area (Å²) in [5, 5.41) is 3.29. The molecule has 0 bridgehead atoms. The molecule has 0 spiro atoms. The lowest BCUT2D eigenvalue weighted by molar-refractivity contribution is 0.520. The summed E-state index contributed by atoms with van der Waals surface area (Å²) in [6.45, 7) is 4.33. The molecular weight excluding hydrogens is 264 g/mol. The van der Waals surface area contributed by atoms with Gasteiger partial charge in [0.15, 0.2) is 0 Å². The molecule has 20 heavy (non-hydrogen) atoms. The molecule has 0 aliphatic carbocycles. The first-order chi connectivity index (χ1) is 9.72. The number of rotatable bonds is 12. The van der Waals surface area contributed by atoms with E-state index in [1.807, 2.05) is 0 Å². The summed E-state index contributed by atoms with van der Waals surface area (Å²) in [6.07, 6.45) is 14.5. The molecule has 0 radical (unpaired) electrons. The molecule has 1 atom stereocenters. The van der Waals surface area contributed by atoms with Gasteiger partial charge in [-0.3, -0.25) is 0 Å². The van der Waals surface area contributed by atoms with Crippen molar-refractivity contribution in [3.05, 3.63) is 16.1 Å². The van der Waals surface area contributed by atoms with E-state index in [0.717, 1.165) is 17.8 Å². The summed E-state index contributed by atoms with van der Waals surface area (Å²) < 4.78 is 0. The number of thiazole rings is 1. The molecule has 3 heteroatoms. The maximum absolute atomic E-state index is 6.18. The Balaban J connectivity index is 1.90. The molecule has 1 unspecified atom stereocenters. The van der Waals surface area contributed by atoms with Gasteiger partial charge in [0.2, 0.25) is 0 Å². The zero-order chi connectivity index (χ0) is 14.6. The molecule has 0 saturated carbocycles. The molecule has 2 N–H and O–H groups in total. The predicted octanol–water partition coefficient (Wildman–Crippen LogP) is 5.24. The van der Waals surface area contributed by atoms with Crippen molar-refractivity contribution in [2.24, 2.45) is 5.73 Å². The van der Waals surface area contributed by atoms with Crippen LogP contribution in [0.4, 0.5) is 0 Å². The normalized spacial score (nSPS) is 12.8. The third kappa shape index (κ3) is 8.70. The lowest BCUT2D eigenvalue weighted by Gasteiger charge is -2.09. The Morgan fingerprint density at radius 3 is 2.20 bits per heavy atom. The van der Waals surface area contributed by atoms with E-state index in [1.54, 1.807) is 11.3 Å². The number of aryl methyl sites for hydroxylation is 1. The maximum atomic E-state index is 6.18. The van der Waals surface area contributed by atoms with Crippen LogP contribution in [-0.4, -0.2) is 11.0 Å². The van der Waals surface area contributed by atoms with E-state index in [2.05, 4.69) is 24.2 Å². The maximum Gasteiger partial charge on any atom is 0.0897 e. The zero-order valence-corrected chi connectivity index (χ0v) is 14.2. The van der Waals surface area contributed by atoms with Gasteiger partial charge in [-0.15, -0.1) is 11.3 Å². The summed E-state index contributed by atoms with van der Waals surface area (Å²) >= 11 is 1.72. The minimum atomic E-state index is 0.293. The van der Waals surface area contributed by atoms with E-state index < -0.39 is 0 Å². The van der Waals surface area contributed by atoms with E-state index >= 15 is 0 Å². The van der Waals surface area contributed by atoms with Crippen LogP contribution in [0.5, 0.6) is 0 Å². The monoisotopic (exact) mass is 296 g/mol. The van der Waals surface area contributed by atoms with Crippen molar-refractivity contribution in [1.82, 2.24) is 4.98 Å². The van der Waals surface area contributed by atoms with Gasteiger partial charge < -0.3 is 5.73 Å². The van der Waals surface area contributed by atoms with Crippen molar-refractivity contribution < 1.29 is 0 Å². The van der Waals surface area contributed by atoms with Crippen LogP contribution in [0.25, 0.3) is 0 Å². The molecule has 1 heterocycles. The van der Waals surface area contributed by atoms with Crippen LogP contribution in [-0.2, 0) is 6.42 Å². The molecule has 2 nitrogen and oxygen atoms in total. The van der Waals surface area contributed by atoms with E-state index in [9.17, 15) is 0 Å². The quantitative estimate of drug-likeness (QED) is 0.535. The molecule has 116 valence electrons. The average molecular weight is 297 g/mol. The number of hydrogen-bond acceptors (Lipinski definition) is 3. The first kappa shape index (κ1) is 17.6. The molecule has 0 aromatic carbocycles. The van der Waals surface area contributed by atoms with Crippen LogP contribution in [0.1, 0.15) is 81.8 Å². The summed E-state index contributed by atoms with van der Waals surface area (Å²) in [6, 6.07) is 0.293. The SMILES string of the molecule is CCCCCCCCCCCC(N)Cc1csc(C)n1. The van der Waals surface area contributed by atoms with Gasteiger partial charge >= 0.3 is 0 Å². The third-order valence-electron chi connectivity index (χ3n) is 3.82. The van der Waals surface area contributed by atoms with Crippen LogP contribution in [0.2, 0.25) is 0 Å². The number of nitrogens with two attached hydrogens (primary N) is 1. The Bertz CT molecular complexity index is 335. The van der Waals surface area contributed by atoms with Crippen molar-refractivity contribution in [2.45, 2.75) is 90.5 Å². The Kier molecular flexibility index (Phi) is 9.94. The Morgan fingerprint density at radius 2 is 1.65 bits per heavy atom. The lowest BCUT2D eigenvalue weighted by atomic mass is 10.0. The van der Waals surface area contributed by atoms with Gasteiger partial charge in [-0.05, 0) is 13.3 Å². The zero-order valence-electron chi connectivity index (χ0n) is 13.4. The lowest BCUT2D eigenvalue weighted by Crippen LogP contribution is -2.22. The number of aromatic nitrogens is 1. The van der Waals surface area contributed by atoms with Crippen LogP contribution >= 0.6 is 11.3 Å². The van der Waals surface area contributed by atoms with Crippen molar-refractivity contribution in [1.29, 1.82) is 0 Å². The average Bonchev–Trinajstić information content (AvgIpc) is 2.82. The molecule has 1 aromatic rings. The first-order valence-corrected chi connectivity index (χ1v) is 9.27. The molecule has 1 rings (SSSR count). The summed E-state index contributed by atoms with van der Waals surface area (Å²) in [4.78, 5) is 4.48. The topological polar surface area (TPSA) is 38.9 Å². The highest BCUT2D eigenvalue weighted by atomic mass is 32.1. The van der Waals surface area contributed by atoms with Crippen LogP contribution in [0.15, 0.2) is 5.38 Å². The predicted molar refractivity (Wildman–Crippen MR) is 90.4 cm³/mol. The molecule has 0 aliphatic rings. The molecule has 0 aliphatic heterocycles. The van der Waals surface area contributed by atoms with Gasteiger partial charge in [0.1, 0.15) is 0 Å². The van der Waals surface area contributed by atoms with Gasteiger partial charge in [-0.25, -0.2) is 4.98 Å². The fourth-order valence-corrected chi connectivity index (χ4v) is 3.22. The van der Waals surface area contributed by atoms with E-state index in [4.69, 9.17) is 5.73 Å². The van der Waals surface area contributed by atoms with Crippen molar-refractivity contribution >= 4 is 11.3 Å². The third-order valence-corrected chi connectivity index (χ3v) is 4.64. The van der Waals surface area contributed by atoms with Gasteiger partial charge in [-0.1, -0.05) is 64.7 Å². The first-order valence-electron chi connectivity index (χ1n) is 8.39. The highest BCUT2D eigenvalue weighted by Crippen LogP contribution is 2.14. The largest absolute Gasteiger partial charge is 0.327 e. The Morgan fingerprint density at radius 1 is 1.05 bits per heavy atom. The summed E-state index contributed by atoms with van der Waals surface area (Å²) in [5.41, 5.74) is 7.35. The second-order valence-electron chi connectivity index (χ2n) is 5.94. The van der Waals surface area contributed by atoms with Gasteiger partial charge in [0.25, 0.3) is 0 Å². The van der Waals surface area contributed by atoms with Crippen molar-refractivity contribution in [2.75, 3.05) is 0 Å². The van der Waals surface area contributed by atoms with Gasteiger partial charge in [-0.2, -0.15) is 0 Å². The smallest absolute Gasteiger partial charge is 0.0897 e. The Labute approximate surface area is 129 Å². The highest BCUT2D eigenvalue weighted by molar-refractivity contribution is 7.09. The molecule has 0 fully saturated rings. The van der Waals surface area contributed by atoms with Gasteiger partial charge in [0.05, 0.1) is 10.7 Å². The molecule has 0 amide bonds. The van der Waals surface area contributed by atoms with E-state index in [0.29, 0.717) is 6.04 Å². The second kappa shape index (κ2) is 11.3. The summed E-state index contributed by atoms with van der Waals surface area (Å²) in [5.74, 6) is 0. The number of unbranched alkanes of at least 4 members (excludes halogenated alkanes) is 8. The van der Waals surface area contributed by atoms with Crippen molar-refractivity contribution in [3.8, 4) is 0 Å². The molecule has 0 saturated heterocycles. The molecular formula is C17H32N2S. The Hall–Kier alpha value is -0.410. The highest BCUT2D eigenvalue weighted by Gasteiger charge is 2.06. The van der Waals surface area contributed by atoms with E-state index in [1.165, 1.54) is 63.5 Å². The molecule has 1 aromatic heterocycles. The van der Waals surface area contributed by atoms with Crippen LogP contribution in [0.3, 0.4) is 0 Å². The van der Waals surface area contributed by atoms with Crippen LogP contribution < -0.4 is 5.73 Å². The van der Waals surface area contributed by atoms with Crippen LogP contribution in [0, 0.1) is 6.92 Å². The van der Waals surface area contributed by atoms with E-state index in [-0.39, 0.29) is 0 Å².